The molecule has 26 heavy (non-hydrogen) atoms. The smallest absolute Gasteiger partial charge is 0.317 e. The van der Waals surface area contributed by atoms with Crippen LogP contribution < -0.4 is 0 Å². The largest absolute Gasteiger partial charge is 0.508 e. The summed E-state index contributed by atoms with van der Waals surface area (Å²) in [6.07, 6.45) is 5.92. The van der Waals surface area contributed by atoms with E-state index in [1.807, 2.05) is 12.1 Å². The van der Waals surface area contributed by atoms with Crippen LogP contribution in [0.3, 0.4) is 0 Å². The molecule has 0 spiro atoms. The minimum Gasteiger partial charge on any atom is -0.508 e. The molecule has 0 amide bonds. The first-order chi connectivity index (χ1) is 12.5. The topological polar surface area (TPSA) is 64.0 Å². The van der Waals surface area contributed by atoms with Gasteiger partial charge in [-0.15, -0.1) is 0 Å². The van der Waals surface area contributed by atoms with Crippen LogP contribution in [0.25, 0.3) is 0 Å². The van der Waals surface area contributed by atoms with Crippen molar-refractivity contribution in [2.45, 2.75) is 43.6 Å². The Morgan fingerprint density at radius 3 is 2.81 bits per heavy atom. The van der Waals surface area contributed by atoms with E-state index < -0.39 is 5.97 Å². The minimum absolute atomic E-state index is 0.117. The van der Waals surface area contributed by atoms with Gasteiger partial charge in [0.15, 0.2) is 0 Å². The van der Waals surface area contributed by atoms with Crippen LogP contribution in [0.15, 0.2) is 18.2 Å². The molecular formula is C21H28N2O3. The predicted molar refractivity (Wildman–Crippen MR) is 98.4 cm³/mol. The molecule has 5 nitrogen and oxygen atoms in total. The van der Waals surface area contributed by atoms with Crippen molar-refractivity contribution in [2.75, 3.05) is 32.7 Å². The first kappa shape index (κ1) is 16.6. The highest BCUT2D eigenvalue weighted by molar-refractivity contribution is 5.69. The van der Waals surface area contributed by atoms with Crippen LogP contribution in [0.1, 0.15) is 36.8 Å². The first-order valence-corrected chi connectivity index (χ1v) is 10.1. The van der Waals surface area contributed by atoms with Crippen molar-refractivity contribution in [1.29, 1.82) is 0 Å². The van der Waals surface area contributed by atoms with Crippen LogP contribution in [0.5, 0.6) is 5.75 Å². The normalized spacial score (nSPS) is 34.2. The van der Waals surface area contributed by atoms with Gasteiger partial charge < -0.3 is 10.2 Å². The molecule has 5 rings (SSSR count). The zero-order valence-corrected chi connectivity index (χ0v) is 15.2. The lowest BCUT2D eigenvalue weighted by Crippen LogP contribution is -2.65. The van der Waals surface area contributed by atoms with Crippen molar-refractivity contribution in [3.63, 3.8) is 0 Å². The van der Waals surface area contributed by atoms with E-state index in [0.29, 0.717) is 17.7 Å². The standard InChI is InChI=1S/C21H28N2O3/c24-16-4-3-15-9-19-18-12-22(13-20(25)26)7-5-21(18,17(15)10-16)6-8-23(19)11-14-1-2-14/h3-4,10,14,18-19,24H,1-2,5-9,11-13H2,(H,25,26)/t18?,19-,21+/m1/s1. The molecule has 2 N–H and O–H groups in total. The van der Waals surface area contributed by atoms with Gasteiger partial charge in [-0.1, -0.05) is 6.07 Å². The summed E-state index contributed by atoms with van der Waals surface area (Å²) >= 11 is 0. The molecule has 140 valence electrons. The molecule has 1 unspecified atom stereocenters. The Labute approximate surface area is 154 Å². The van der Waals surface area contributed by atoms with Gasteiger partial charge in [0.1, 0.15) is 5.75 Å². The van der Waals surface area contributed by atoms with Gasteiger partial charge in [-0.2, -0.15) is 0 Å². The molecule has 3 fully saturated rings. The maximum Gasteiger partial charge on any atom is 0.317 e. The molecule has 1 aromatic rings. The number of benzene rings is 1. The van der Waals surface area contributed by atoms with E-state index in [9.17, 15) is 15.0 Å². The molecule has 1 aromatic carbocycles. The van der Waals surface area contributed by atoms with Crippen molar-refractivity contribution in [2.24, 2.45) is 11.8 Å². The summed E-state index contributed by atoms with van der Waals surface area (Å²) in [7, 11) is 0. The van der Waals surface area contributed by atoms with Gasteiger partial charge in [-0.05, 0) is 80.3 Å². The van der Waals surface area contributed by atoms with E-state index >= 15 is 0 Å². The summed E-state index contributed by atoms with van der Waals surface area (Å²) in [4.78, 5) is 16.1. The fraction of sp³-hybridized carbons (Fsp3) is 0.667. The lowest BCUT2D eigenvalue weighted by molar-refractivity contribution is -0.140. The number of phenolic OH excluding ortho intramolecular Hbond substituents is 1. The van der Waals surface area contributed by atoms with Gasteiger partial charge in [0, 0.05) is 24.5 Å². The molecule has 2 aliphatic heterocycles. The number of hydrogen-bond acceptors (Lipinski definition) is 4. The highest BCUT2D eigenvalue weighted by atomic mass is 16.4. The second kappa shape index (κ2) is 5.96. The summed E-state index contributed by atoms with van der Waals surface area (Å²) in [6.45, 7) is 4.21. The average Bonchev–Trinajstić information content (AvgIpc) is 3.41. The quantitative estimate of drug-likeness (QED) is 0.865. The number of hydrogen-bond donors (Lipinski definition) is 2. The molecule has 2 aliphatic carbocycles. The Hall–Kier alpha value is -1.59. The van der Waals surface area contributed by atoms with E-state index in [-0.39, 0.29) is 12.0 Å². The van der Waals surface area contributed by atoms with Gasteiger partial charge in [-0.3, -0.25) is 14.6 Å². The van der Waals surface area contributed by atoms with Crippen LogP contribution in [0.2, 0.25) is 0 Å². The van der Waals surface area contributed by atoms with Crippen molar-refractivity contribution in [3.8, 4) is 5.75 Å². The highest BCUT2D eigenvalue weighted by Crippen LogP contribution is 2.54. The summed E-state index contributed by atoms with van der Waals surface area (Å²) in [5.74, 6) is 0.985. The zero-order valence-electron chi connectivity index (χ0n) is 15.2. The molecule has 2 bridgehead atoms. The molecule has 2 heterocycles. The Balaban J connectivity index is 1.52. The summed E-state index contributed by atoms with van der Waals surface area (Å²) in [5.41, 5.74) is 2.86. The fourth-order valence-corrected chi connectivity index (χ4v) is 6.02. The number of aliphatic carboxylic acids is 1. The van der Waals surface area contributed by atoms with E-state index in [1.165, 1.54) is 30.5 Å². The molecule has 5 heteroatoms. The van der Waals surface area contributed by atoms with E-state index in [0.717, 1.165) is 44.8 Å². The van der Waals surface area contributed by atoms with Crippen molar-refractivity contribution in [1.82, 2.24) is 9.80 Å². The number of likely N-dealkylation sites (tertiary alicyclic amines) is 2. The average molecular weight is 356 g/mol. The van der Waals surface area contributed by atoms with Gasteiger partial charge in [0.25, 0.3) is 0 Å². The highest BCUT2D eigenvalue weighted by Gasteiger charge is 2.55. The third kappa shape index (κ3) is 2.64. The van der Waals surface area contributed by atoms with E-state index in [1.54, 1.807) is 0 Å². The fourth-order valence-electron chi connectivity index (χ4n) is 6.02. The van der Waals surface area contributed by atoms with Crippen LogP contribution in [-0.2, 0) is 16.6 Å². The number of nitrogens with zero attached hydrogens (tertiary/aromatic N) is 2. The molecule has 4 aliphatic rings. The molecule has 1 saturated carbocycles. The van der Waals surface area contributed by atoms with Gasteiger partial charge in [0.05, 0.1) is 6.54 Å². The van der Waals surface area contributed by atoms with Crippen LogP contribution in [0, 0.1) is 11.8 Å². The Morgan fingerprint density at radius 1 is 1.23 bits per heavy atom. The number of rotatable bonds is 4. The van der Waals surface area contributed by atoms with Gasteiger partial charge in [0.2, 0.25) is 0 Å². The van der Waals surface area contributed by atoms with Crippen molar-refractivity contribution in [3.05, 3.63) is 29.3 Å². The number of carbonyl (C=O) groups is 1. The SMILES string of the molecule is O=C(O)CN1CC[C@]23CCN(CC4CC4)[C@H](Cc4ccc(O)cc42)C3C1. The Bertz CT molecular complexity index is 732. The summed E-state index contributed by atoms with van der Waals surface area (Å²) in [6, 6.07) is 6.47. The number of aromatic hydroxyl groups is 1. The second-order valence-electron chi connectivity index (χ2n) is 8.94. The number of fused-ring (bicyclic) bond motifs is 1. The third-order valence-electron chi connectivity index (χ3n) is 7.42. The maximum absolute atomic E-state index is 11.2. The predicted octanol–water partition coefficient (Wildman–Crippen LogP) is 2.08. The molecular weight excluding hydrogens is 328 g/mol. The van der Waals surface area contributed by atoms with Crippen LogP contribution in [-0.4, -0.2) is 64.7 Å². The maximum atomic E-state index is 11.2. The molecule has 0 aromatic heterocycles. The Kier molecular flexibility index (Phi) is 3.80. The number of carboxylic acid groups (broad SMARTS) is 1. The van der Waals surface area contributed by atoms with Gasteiger partial charge in [-0.25, -0.2) is 0 Å². The van der Waals surface area contributed by atoms with E-state index in [2.05, 4.69) is 15.9 Å². The number of phenols is 1. The zero-order chi connectivity index (χ0) is 17.9. The van der Waals surface area contributed by atoms with Crippen LogP contribution in [0.4, 0.5) is 0 Å². The monoisotopic (exact) mass is 356 g/mol. The molecule has 3 atom stereocenters. The first-order valence-electron chi connectivity index (χ1n) is 10.1. The number of carboxylic acids is 1. The van der Waals surface area contributed by atoms with Crippen molar-refractivity contribution < 1.29 is 15.0 Å². The minimum atomic E-state index is -0.727. The Morgan fingerprint density at radius 2 is 2.04 bits per heavy atom. The van der Waals surface area contributed by atoms with Gasteiger partial charge >= 0.3 is 5.97 Å². The lowest BCUT2D eigenvalue weighted by atomic mass is 9.54. The second-order valence-corrected chi connectivity index (χ2v) is 8.94. The molecule has 2 saturated heterocycles. The summed E-state index contributed by atoms with van der Waals surface area (Å²) < 4.78 is 0. The van der Waals surface area contributed by atoms with Crippen LogP contribution >= 0.6 is 0 Å². The van der Waals surface area contributed by atoms with Crippen molar-refractivity contribution >= 4 is 5.97 Å². The molecule has 0 radical (unpaired) electrons. The third-order valence-corrected chi connectivity index (χ3v) is 7.42. The summed E-state index contributed by atoms with van der Waals surface area (Å²) in [5, 5.41) is 19.4. The lowest BCUT2D eigenvalue weighted by Gasteiger charge is -2.60. The van der Waals surface area contributed by atoms with E-state index in [4.69, 9.17) is 0 Å². The number of piperidine rings is 2.